The molecule has 0 aliphatic rings. The van der Waals surface area contributed by atoms with Crippen LogP contribution in [0.4, 0.5) is 0 Å². The molecule has 0 aliphatic heterocycles. The summed E-state index contributed by atoms with van der Waals surface area (Å²) in [5.74, 6) is 1.59. The van der Waals surface area contributed by atoms with Gasteiger partial charge in [-0.05, 0) is 39.0 Å². The highest BCUT2D eigenvalue weighted by Gasteiger charge is 2.06. The first kappa shape index (κ1) is 19.7. The molecule has 1 amide bonds. The van der Waals surface area contributed by atoms with Gasteiger partial charge >= 0.3 is 0 Å². The third-order valence-corrected chi connectivity index (χ3v) is 3.09. The number of hydrogen-bond donors (Lipinski definition) is 3. The Hall–Kier alpha value is -1.26. The van der Waals surface area contributed by atoms with Crippen LogP contribution in [0.15, 0.2) is 4.99 Å². The second kappa shape index (κ2) is 12.5. The Bertz CT molecular complexity index is 303. The summed E-state index contributed by atoms with van der Waals surface area (Å²) >= 11 is 0. The molecule has 0 aromatic heterocycles. The summed E-state index contributed by atoms with van der Waals surface area (Å²) in [4.78, 5) is 16.0. The van der Waals surface area contributed by atoms with E-state index in [1.165, 1.54) is 6.42 Å². The second-order valence-corrected chi connectivity index (χ2v) is 5.88. The molecule has 1 atom stereocenters. The van der Waals surface area contributed by atoms with Crippen molar-refractivity contribution in [2.45, 2.75) is 66.3 Å². The quantitative estimate of drug-likeness (QED) is 0.428. The van der Waals surface area contributed by atoms with Crippen LogP contribution < -0.4 is 16.0 Å². The average Bonchev–Trinajstić information content (AvgIpc) is 2.43. The number of carbonyl (C=O) groups is 1. The van der Waals surface area contributed by atoms with E-state index in [0.717, 1.165) is 37.8 Å². The summed E-state index contributed by atoms with van der Waals surface area (Å²) in [6.45, 7) is 12.8. The molecule has 0 heterocycles. The molecule has 0 saturated carbocycles. The molecular weight excluding hydrogens is 264 g/mol. The molecule has 0 aromatic rings. The Kier molecular flexibility index (Phi) is 11.7. The lowest BCUT2D eigenvalue weighted by Gasteiger charge is -2.18. The van der Waals surface area contributed by atoms with Gasteiger partial charge in [-0.1, -0.05) is 20.8 Å². The van der Waals surface area contributed by atoms with Gasteiger partial charge < -0.3 is 16.0 Å². The maximum Gasteiger partial charge on any atom is 0.221 e. The predicted octanol–water partition coefficient (Wildman–Crippen LogP) is 2.28. The molecule has 21 heavy (non-hydrogen) atoms. The Labute approximate surface area is 130 Å². The zero-order chi connectivity index (χ0) is 16.1. The van der Waals surface area contributed by atoms with E-state index < -0.39 is 0 Å². The third-order valence-electron chi connectivity index (χ3n) is 3.09. The van der Waals surface area contributed by atoms with Crippen molar-refractivity contribution < 1.29 is 4.79 Å². The Morgan fingerprint density at radius 2 is 1.81 bits per heavy atom. The maximum atomic E-state index is 11.5. The summed E-state index contributed by atoms with van der Waals surface area (Å²) in [6, 6.07) is 0.388. The molecule has 1 unspecified atom stereocenters. The molecule has 0 saturated heterocycles. The highest BCUT2D eigenvalue weighted by Crippen LogP contribution is 2.06. The van der Waals surface area contributed by atoms with Gasteiger partial charge in [0.05, 0.1) is 6.54 Å². The summed E-state index contributed by atoms with van der Waals surface area (Å²) in [5, 5.41) is 9.49. The second-order valence-electron chi connectivity index (χ2n) is 5.88. The fourth-order valence-corrected chi connectivity index (χ4v) is 1.83. The van der Waals surface area contributed by atoms with Gasteiger partial charge in [0.1, 0.15) is 0 Å². The first-order chi connectivity index (χ1) is 9.99. The average molecular weight is 298 g/mol. The summed E-state index contributed by atoms with van der Waals surface area (Å²) < 4.78 is 0. The van der Waals surface area contributed by atoms with E-state index in [2.05, 4.69) is 41.7 Å². The van der Waals surface area contributed by atoms with E-state index in [4.69, 9.17) is 0 Å². The van der Waals surface area contributed by atoms with Crippen LogP contribution in [0.25, 0.3) is 0 Å². The number of amides is 1. The Balaban J connectivity index is 4.14. The summed E-state index contributed by atoms with van der Waals surface area (Å²) in [6.07, 6.45) is 3.73. The van der Waals surface area contributed by atoms with Crippen LogP contribution in [0.1, 0.15) is 60.3 Å². The fraction of sp³-hybridized carbons (Fsp3) is 0.875. The predicted molar refractivity (Wildman–Crippen MR) is 90.6 cm³/mol. The monoisotopic (exact) mass is 298 g/mol. The minimum atomic E-state index is 0.0734. The largest absolute Gasteiger partial charge is 0.357 e. The van der Waals surface area contributed by atoms with E-state index in [1.807, 2.05) is 13.8 Å². The molecule has 0 aliphatic carbocycles. The van der Waals surface area contributed by atoms with Gasteiger partial charge in [-0.2, -0.15) is 0 Å². The number of carbonyl (C=O) groups excluding carboxylic acids is 1. The van der Waals surface area contributed by atoms with Gasteiger partial charge in [0.25, 0.3) is 0 Å². The van der Waals surface area contributed by atoms with Crippen molar-refractivity contribution in [1.29, 1.82) is 0 Å². The minimum absolute atomic E-state index is 0.0734. The maximum absolute atomic E-state index is 11.5. The Morgan fingerprint density at radius 3 is 2.38 bits per heavy atom. The number of hydrogen-bond acceptors (Lipinski definition) is 2. The molecule has 3 N–H and O–H groups in total. The van der Waals surface area contributed by atoms with Crippen LogP contribution in [0.5, 0.6) is 0 Å². The van der Waals surface area contributed by atoms with Crippen molar-refractivity contribution in [3.63, 3.8) is 0 Å². The van der Waals surface area contributed by atoms with Crippen molar-refractivity contribution in [3.05, 3.63) is 0 Å². The van der Waals surface area contributed by atoms with Gasteiger partial charge in [-0.15, -0.1) is 0 Å². The van der Waals surface area contributed by atoms with Crippen LogP contribution in [-0.2, 0) is 4.79 Å². The first-order valence-electron chi connectivity index (χ1n) is 8.31. The minimum Gasteiger partial charge on any atom is -0.357 e. The molecule has 0 bridgehead atoms. The lowest BCUT2D eigenvalue weighted by Crippen LogP contribution is -2.42. The molecule has 0 radical (unpaired) electrons. The highest BCUT2D eigenvalue weighted by molar-refractivity contribution is 5.81. The standard InChI is InChI=1S/C16H34N4O/c1-6-11-18-15(21)10-12-19-16(17-7-2)20-14(5)9-8-13(3)4/h13-14H,6-12H2,1-5H3,(H,18,21)(H2,17,19,20). The normalized spacial score (nSPS) is 13.1. The summed E-state index contributed by atoms with van der Waals surface area (Å²) in [7, 11) is 0. The van der Waals surface area contributed by atoms with Gasteiger partial charge in [-0.3, -0.25) is 9.79 Å². The number of nitrogens with one attached hydrogen (secondary N) is 3. The zero-order valence-electron chi connectivity index (χ0n) is 14.5. The molecule has 5 nitrogen and oxygen atoms in total. The smallest absolute Gasteiger partial charge is 0.221 e. The van der Waals surface area contributed by atoms with E-state index >= 15 is 0 Å². The number of nitrogens with zero attached hydrogens (tertiary/aromatic N) is 1. The molecule has 0 rings (SSSR count). The van der Waals surface area contributed by atoms with Crippen molar-refractivity contribution in [2.24, 2.45) is 10.9 Å². The van der Waals surface area contributed by atoms with Crippen molar-refractivity contribution in [3.8, 4) is 0 Å². The molecular formula is C16H34N4O. The molecule has 0 spiro atoms. The van der Waals surface area contributed by atoms with Gasteiger partial charge in [0.2, 0.25) is 5.91 Å². The van der Waals surface area contributed by atoms with Crippen molar-refractivity contribution in [2.75, 3.05) is 19.6 Å². The SMILES string of the molecule is CCCNC(=O)CCN=C(NCC)NC(C)CCC(C)C. The number of rotatable bonds is 10. The molecule has 124 valence electrons. The lowest BCUT2D eigenvalue weighted by molar-refractivity contribution is -0.120. The van der Waals surface area contributed by atoms with Crippen LogP contribution in [-0.4, -0.2) is 37.5 Å². The van der Waals surface area contributed by atoms with Crippen molar-refractivity contribution in [1.82, 2.24) is 16.0 Å². The Morgan fingerprint density at radius 1 is 1.10 bits per heavy atom. The number of aliphatic imine (C=N–C) groups is 1. The summed E-state index contributed by atoms with van der Waals surface area (Å²) in [5.41, 5.74) is 0. The first-order valence-corrected chi connectivity index (χ1v) is 8.31. The van der Waals surface area contributed by atoms with E-state index in [1.54, 1.807) is 0 Å². The van der Waals surface area contributed by atoms with Gasteiger partial charge in [-0.25, -0.2) is 0 Å². The fourth-order valence-electron chi connectivity index (χ4n) is 1.83. The van der Waals surface area contributed by atoms with Crippen LogP contribution >= 0.6 is 0 Å². The van der Waals surface area contributed by atoms with Crippen molar-refractivity contribution >= 4 is 11.9 Å². The van der Waals surface area contributed by atoms with E-state index in [0.29, 0.717) is 19.0 Å². The van der Waals surface area contributed by atoms with E-state index in [9.17, 15) is 4.79 Å². The topological polar surface area (TPSA) is 65.5 Å². The van der Waals surface area contributed by atoms with Crippen LogP contribution in [0.3, 0.4) is 0 Å². The lowest BCUT2D eigenvalue weighted by atomic mass is 10.0. The molecule has 0 fully saturated rings. The number of guanidine groups is 1. The molecule has 0 aromatic carbocycles. The van der Waals surface area contributed by atoms with Crippen LogP contribution in [0.2, 0.25) is 0 Å². The van der Waals surface area contributed by atoms with E-state index in [-0.39, 0.29) is 5.91 Å². The van der Waals surface area contributed by atoms with Crippen LogP contribution in [0, 0.1) is 5.92 Å². The zero-order valence-corrected chi connectivity index (χ0v) is 14.5. The third kappa shape index (κ3) is 12.2. The van der Waals surface area contributed by atoms with Gasteiger partial charge in [0.15, 0.2) is 5.96 Å². The molecule has 5 heteroatoms. The highest BCUT2D eigenvalue weighted by atomic mass is 16.1. The van der Waals surface area contributed by atoms with Gasteiger partial charge in [0, 0.05) is 25.6 Å².